The summed E-state index contributed by atoms with van der Waals surface area (Å²) < 4.78 is 5.30. The van der Waals surface area contributed by atoms with Crippen LogP contribution in [-0.2, 0) is 9.53 Å². The maximum atomic E-state index is 10.1. The molecule has 4 nitrogen and oxygen atoms in total. The molecule has 0 bridgehead atoms. The van der Waals surface area contributed by atoms with Crippen molar-refractivity contribution in [1.82, 2.24) is 5.32 Å². The third-order valence-electron chi connectivity index (χ3n) is 0.925. The van der Waals surface area contributed by atoms with Crippen LogP contribution in [-0.4, -0.2) is 17.9 Å². The molecule has 0 unspecified atom stereocenters. The molecule has 0 aromatic heterocycles. The maximum Gasteiger partial charge on any atom is 0.209 e. The van der Waals surface area contributed by atoms with Crippen LogP contribution in [0.5, 0.6) is 0 Å². The van der Waals surface area contributed by atoms with E-state index in [-0.39, 0.29) is 0 Å². The molecular weight excluding hydrogens is 144 g/mol. The lowest BCUT2D eigenvalue weighted by atomic mass is 10.2. The second-order valence-corrected chi connectivity index (χ2v) is 3.48. The predicted octanol–water partition coefficient (Wildman–Crippen LogP) is 0.180. The summed E-state index contributed by atoms with van der Waals surface area (Å²) in [6, 6.07) is 0. The number of carbonyl (C=O) groups excluding carboxylic acids is 1. The summed E-state index contributed by atoms with van der Waals surface area (Å²) in [5.41, 5.74) is 4.13. The Labute approximate surface area is 67.1 Å². The van der Waals surface area contributed by atoms with Crippen molar-refractivity contribution < 1.29 is 9.53 Å². The zero-order valence-electron chi connectivity index (χ0n) is 7.47. The first-order valence-corrected chi connectivity index (χ1v) is 3.47. The molecule has 0 aromatic carbocycles. The Morgan fingerprint density at radius 3 is 2.09 bits per heavy atom. The smallest absolute Gasteiger partial charge is 0.209 e. The highest BCUT2D eigenvalue weighted by molar-refractivity contribution is 5.47. The van der Waals surface area contributed by atoms with Gasteiger partial charge >= 0.3 is 0 Å². The van der Waals surface area contributed by atoms with Gasteiger partial charge in [0.05, 0.1) is 0 Å². The van der Waals surface area contributed by atoms with E-state index in [0.717, 1.165) is 0 Å². The van der Waals surface area contributed by atoms with Crippen LogP contribution in [0.1, 0.15) is 27.7 Å². The molecular formula is C7H16N2O2. The Balaban J connectivity index is 4.00. The van der Waals surface area contributed by atoms with Gasteiger partial charge in [-0.25, -0.2) is 0 Å². The molecule has 4 heteroatoms. The van der Waals surface area contributed by atoms with E-state index >= 15 is 0 Å². The first kappa shape index (κ1) is 10.4. The van der Waals surface area contributed by atoms with Crippen molar-refractivity contribution >= 4 is 6.41 Å². The molecule has 0 aliphatic rings. The highest BCUT2D eigenvalue weighted by atomic mass is 16.5. The predicted molar refractivity (Wildman–Crippen MR) is 42.6 cm³/mol. The van der Waals surface area contributed by atoms with E-state index in [4.69, 9.17) is 10.5 Å². The fourth-order valence-corrected chi connectivity index (χ4v) is 0.829. The first-order valence-electron chi connectivity index (χ1n) is 3.47. The fraction of sp³-hybridized carbons (Fsp3) is 0.857. The molecule has 11 heavy (non-hydrogen) atoms. The van der Waals surface area contributed by atoms with Crippen molar-refractivity contribution in [1.29, 1.82) is 0 Å². The standard InChI is InChI=1S/C7H16N2O2/c1-6(2,8)11-7(3,4)9-5-10/h5H,8H2,1-4H3,(H,9,10). The first-order chi connectivity index (χ1) is 4.77. The monoisotopic (exact) mass is 160 g/mol. The lowest BCUT2D eigenvalue weighted by molar-refractivity contribution is -0.144. The quantitative estimate of drug-likeness (QED) is 0.455. The number of ether oxygens (including phenoxy) is 1. The highest BCUT2D eigenvalue weighted by Crippen LogP contribution is 2.11. The van der Waals surface area contributed by atoms with Gasteiger partial charge in [0.15, 0.2) is 0 Å². The summed E-state index contributed by atoms with van der Waals surface area (Å²) in [5, 5.41) is 2.50. The molecule has 0 heterocycles. The normalized spacial score (nSPS) is 12.8. The zero-order chi connectivity index (χ0) is 9.12. The SMILES string of the molecule is CC(C)(N)OC(C)(C)NC=O. The molecule has 0 fully saturated rings. The van der Waals surface area contributed by atoms with Crippen molar-refractivity contribution in [2.75, 3.05) is 0 Å². The van der Waals surface area contributed by atoms with E-state index in [1.165, 1.54) is 0 Å². The van der Waals surface area contributed by atoms with E-state index in [2.05, 4.69) is 5.32 Å². The van der Waals surface area contributed by atoms with E-state index in [0.29, 0.717) is 6.41 Å². The number of carbonyl (C=O) groups is 1. The summed E-state index contributed by atoms with van der Waals surface area (Å²) in [4.78, 5) is 10.1. The summed E-state index contributed by atoms with van der Waals surface area (Å²) in [7, 11) is 0. The number of amides is 1. The highest BCUT2D eigenvalue weighted by Gasteiger charge is 2.24. The van der Waals surface area contributed by atoms with Crippen LogP contribution in [0.25, 0.3) is 0 Å². The Morgan fingerprint density at radius 1 is 1.36 bits per heavy atom. The molecule has 0 spiro atoms. The van der Waals surface area contributed by atoms with Crippen LogP contribution in [0.15, 0.2) is 0 Å². The van der Waals surface area contributed by atoms with Gasteiger partial charge in [0.2, 0.25) is 6.41 Å². The third kappa shape index (κ3) is 5.82. The topological polar surface area (TPSA) is 64.3 Å². The summed E-state index contributed by atoms with van der Waals surface area (Å²) in [6.07, 6.45) is 0.589. The summed E-state index contributed by atoms with van der Waals surface area (Å²) in [6.45, 7) is 6.91. The molecule has 0 radical (unpaired) electrons. The minimum atomic E-state index is -0.737. The Kier molecular flexibility index (Phi) is 3.02. The van der Waals surface area contributed by atoms with Crippen LogP contribution in [0.4, 0.5) is 0 Å². The van der Waals surface area contributed by atoms with Gasteiger partial charge < -0.3 is 15.8 Å². The van der Waals surface area contributed by atoms with E-state index in [1.807, 2.05) is 0 Å². The molecule has 0 aromatic rings. The van der Waals surface area contributed by atoms with Gasteiger partial charge in [0.25, 0.3) is 0 Å². The minimum absolute atomic E-state index is 0.589. The van der Waals surface area contributed by atoms with Gasteiger partial charge in [-0.1, -0.05) is 0 Å². The van der Waals surface area contributed by atoms with E-state index in [9.17, 15) is 4.79 Å². The lowest BCUT2D eigenvalue weighted by Gasteiger charge is -2.32. The second-order valence-electron chi connectivity index (χ2n) is 3.48. The largest absolute Gasteiger partial charge is 0.336 e. The Hall–Kier alpha value is -0.610. The van der Waals surface area contributed by atoms with Crippen molar-refractivity contribution in [2.24, 2.45) is 5.73 Å². The second kappa shape index (κ2) is 3.19. The maximum absolute atomic E-state index is 10.1. The summed E-state index contributed by atoms with van der Waals surface area (Å²) >= 11 is 0. The van der Waals surface area contributed by atoms with Crippen LogP contribution in [0.2, 0.25) is 0 Å². The molecule has 1 amide bonds. The summed E-state index contributed by atoms with van der Waals surface area (Å²) in [5.74, 6) is 0. The van der Waals surface area contributed by atoms with E-state index < -0.39 is 11.4 Å². The van der Waals surface area contributed by atoms with Crippen LogP contribution < -0.4 is 11.1 Å². The molecule has 0 aliphatic carbocycles. The molecule has 3 N–H and O–H groups in total. The molecule has 66 valence electrons. The van der Waals surface area contributed by atoms with Gasteiger partial charge in [-0.15, -0.1) is 0 Å². The van der Waals surface area contributed by atoms with E-state index in [1.54, 1.807) is 27.7 Å². The number of nitrogens with two attached hydrogens (primary N) is 1. The molecule has 0 aliphatic heterocycles. The van der Waals surface area contributed by atoms with Crippen molar-refractivity contribution in [3.63, 3.8) is 0 Å². The lowest BCUT2D eigenvalue weighted by Crippen LogP contribution is -2.50. The molecule has 0 atom stereocenters. The zero-order valence-corrected chi connectivity index (χ0v) is 7.47. The van der Waals surface area contributed by atoms with Gasteiger partial charge in [-0.3, -0.25) is 4.79 Å². The molecule has 0 saturated carbocycles. The average Bonchev–Trinajstić information content (AvgIpc) is 1.55. The van der Waals surface area contributed by atoms with Crippen molar-refractivity contribution in [3.8, 4) is 0 Å². The number of rotatable bonds is 4. The van der Waals surface area contributed by atoms with Gasteiger partial charge in [0, 0.05) is 0 Å². The Morgan fingerprint density at radius 2 is 1.82 bits per heavy atom. The van der Waals surface area contributed by atoms with Gasteiger partial charge in [0.1, 0.15) is 11.4 Å². The van der Waals surface area contributed by atoms with Gasteiger partial charge in [-0.05, 0) is 27.7 Å². The number of hydrogen-bond acceptors (Lipinski definition) is 3. The molecule has 0 saturated heterocycles. The fourth-order valence-electron chi connectivity index (χ4n) is 0.829. The van der Waals surface area contributed by atoms with Crippen LogP contribution in [0.3, 0.4) is 0 Å². The number of hydrogen-bond donors (Lipinski definition) is 2. The molecule has 0 rings (SSSR count). The third-order valence-corrected chi connectivity index (χ3v) is 0.925. The Bertz CT molecular complexity index is 138. The van der Waals surface area contributed by atoms with Crippen molar-refractivity contribution in [3.05, 3.63) is 0 Å². The number of nitrogens with one attached hydrogen (secondary N) is 1. The van der Waals surface area contributed by atoms with Gasteiger partial charge in [-0.2, -0.15) is 0 Å². The van der Waals surface area contributed by atoms with Crippen molar-refractivity contribution in [2.45, 2.75) is 39.1 Å². The van der Waals surface area contributed by atoms with Crippen LogP contribution in [0, 0.1) is 0 Å². The minimum Gasteiger partial charge on any atom is -0.336 e. The van der Waals surface area contributed by atoms with Crippen LogP contribution >= 0.6 is 0 Å². The average molecular weight is 160 g/mol.